The molecule has 4 atom stereocenters. The first-order chi connectivity index (χ1) is 14.3. The zero-order chi connectivity index (χ0) is 23.1. The lowest BCUT2D eigenvalue weighted by Gasteiger charge is -2.54. The Morgan fingerprint density at radius 2 is 1.74 bits per heavy atom. The first kappa shape index (κ1) is 23.8. The van der Waals surface area contributed by atoms with E-state index < -0.39 is 14.4 Å². The van der Waals surface area contributed by atoms with Gasteiger partial charge in [0.05, 0.1) is 18.2 Å². The number of rotatable bonds is 7. The van der Waals surface area contributed by atoms with Gasteiger partial charge in [0.15, 0.2) is 8.32 Å². The third-order valence-corrected chi connectivity index (χ3v) is 11.8. The molecule has 2 fully saturated rings. The molecule has 0 spiro atoms. The fraction of sp³-hybridized carbons (Fsp3) is 0.667. The number of amides is 2. The van der Waals surface area contributed by atoms with E-state index in [2.05, 4.69) is 47.7 Å². The molecule has 2 saturated heterocycles. The molecule has 1 aromatic rings. The minimum atomic E-state index is -2.05. The van der Waals surface area contributed by atoms with Crippen molar-refractivity contribution in [1.82, 2.24) is 9.80 Å². The molecule has 0 aromatic heterocycles. The standard InChI is InChI=1S/C24H38N2O4Si/c1-16(2)19-15-29-23(28)26(19)21-20(17(3)30-31(7,8)24(4,5)6)25(22(21)27)14-18-12-10-9-11-13-18/h9-13,16-17,19-21H,14-15H2,1-8H3/t17-,19-,20+,21-/m1/s1. The van der Waals surface area contributed by atoms with Crippen molar-refractivity contribution in [3.8, 4) is 0 Å². The number of benzene rings is 1. The molecule has 6 nitrogen and oxygen atoms in total. The highest BCUT2D eigenvalue weighted by molar-refractivity contribution is 6.74. The van der Waals surface area contributed by atoms with Crippen LogP contribution in [0.1, 0.15) is 47.1 Å². The van der Waals surface area contributed by atoms with Crippen LogP contribution in [0.25, 0.3) is 0 Å². The van der Waals surface area contributed by atoms with Crippen LogP contribution >= 0.6 is 0 Å². The maximum atomic E-state index is 13.4. The smallest absolute Gasteiger partial charge is 0.410 e. The molecular weight excluding hydrogens is 408 g/mol. The molecule has 2 heterocycles. The first-order valence-electron chi connectivity index (χ1n) is 11.3. The first-order valence-corrected chi connectivity index (χ1v) is 14.2. The zero-order valence-electron chi connectivity index (χ0n) is 20.2. The molecule has 3 rings (SSSR count). The number of likely N-dealkylation sites (tertiary alicyclic amines) is 1. The van der Waals surface area contributed by atoms with E-state index in [1.54, 1.807) is 4.90 Å². The maximum Gasteiger partial charge on any atom is 0.410 e. The number of nitrogens with zero attached hydrogens (tertiary/aromatic N) is 2. The average molecular weight is 447 g/mol. The lowest BCUT2D eigenvalue weighted by molar-refractivity contribution is -0.166. The monoisotopic (exact) mass is 446 g/mol. The van der Waals surface area contributed by atoms with E-state index >= 15 is 0 Å². The minimum absolute atomic E-state index is 0.0240. The second-order valence-electron chi connectivity index (χ2n) is 10.8. The van der Waals surface area contributed by atoms with Crippen LogP contribution in [0.5, 0.6) is 0 Å². The van der Waals surface area contributed by atoms with Crippen LogP contribution in [0.2, 0.25) is 18.1 Å². The lowest BCUT2D eigenvalue weighted by Crippen LogP contribution is -2.75. The lowest BCUT2D eigenvalue weighted by atomic mass is 9.87. The Kier molecular flexibility index (Phi) is 6.59. The molecule has 0 bridgehead atoms. The largest absolute Gasteiger partial charge is 0.447 e. The van der Waals surface area contributed by atoms with E-state index in [4.69, 9.17) is 9.16 Å². The number of cyclic esters (lactones) is 1. The van der Waals surface area contributed by atoms with Crippen LogP contribution in [0.15, 0.2) is 30.3 Å². The second kappa shape index (κ2) is 8.58. The number of ether oxygens (including phenoxy) is 1. The van der Waals surface area contributed by atoms with E-state index in [1.807, 2.05) is 42.2 Å². The maximum absolute atomic E-state index is 13.4. The summed E-state index contributed by atoms with van der Waals surface area (Å²) in [6.07, 6.45) is -0.575. The van der Waals surface area contributed by atoms with Crippen LogP contribution in [0.4, 0.5) is 4.79 Å². The zero-order valence-corrected chi connectivity index (χ0v) is 21.2. The quantitative estimate of drug-likeness (QED) is 0.452. The number of carbonyl (C=O) groups excluding carboxylic acids is 2. The topological polar surface area (TPSA) is 59.1 Å². The van der Waals surface area contributed by atoms with Gasteiger partial charge in [-0.05, 0) is 36.5 Å². The van der Waals surface area contributed by atoms with Crippen molar-refractivity contribution in [1.29, 1.82) is 0 Å². The van der Waals surface area contributed by atoms with Crippen LogP contribution in [-0.2, 0) is 20.5 Å². The molecule has 7 heteroatoms. The van der Waals surface area contributed by atoms with Gasteiger partial charge in [-0.2, -0.15) is 0 Å². The van der Waals surface area contributed by atoms with Gasteiger partial charge in [-0.25, -0.2) is 4.79 Å². The van der Waals surface area contributed by atoms with Gasteiger partial charge < -0.3 is 14.1 Å². The van der Waals surface area contributed by atoms with Gasteiger partial charge in [-0.3, -0.25) is 9.69 Å². The summed E-state index contributed by atoms with van der Waals surface area (Å²) in [4.78, 5) is 29.6. The normalized spacial score (nSPS) is 25.6. The Balaban J connectivity index is 1.90. The van der Waals surface area contributed by atoms with Crippen molar-refractivity contribution < 1.29 is 18.8 Å². The molecule has 2 aliphatic heterocycles. The fourth-order valence-electron chi connectivity index (χ4n) is 4.30. The van der Waals surface area contributed by atoms with Crippen molar-refractivity contribution in [2.75, 3.05) is 6.61 Å². The Hall–Kier alpha value is -1.86. The number of hydrogen-bond donors (Lipinski definition) is 0. The average Bonchev–Trinajstić information content (AvgIpc) is 3.04. The van der Waals surface area contributed by atoms with Gasteiger partial charge in [0.1, 0.15) is 12.6 Å². The summed E-state index contributed by atoms with van der Waals surface area (Å²) < 4.78 is 12.1. The summed E-state index contributed by atoms with van der Waals surface area (Å²) in [6, 6.07) is 9.15. The molecule has 0 saturated carbocycles. The van der Waals surface area contributed by atoms with Gasteiger partial charge in [-0.15, -0.1) is 0 Å². The van der Waals surface area contributed by atoms with Gasteiger partial charge in [-0.1, -0.05) is 65.0 Å². The second-order valence-corrected chi connectivity index (χ2v) is 15.5. The van der Waals surface area contributed by atoms with Gasteiger partial charge in [0.2, 0.25) is 5.91 Å². The predicted octanol–water partition coefficient (Wildman–Crippen LogP) is 4.65. The molecule has 2 amide bonds. The van der Waals surface area contributed by atoms with Crippen LogP contribution in [0, 0.1) is 5.92 Å². The van der Waals surface area contributed by atoms with E-state index in [-0.39, 0.29) is 41.1 Å². The summed E-state index contributed by atoms with van der Waals surface area (Å²) in [5.41, 5.74) is 1.07. The molecule has 0 aliphatic carbocycles. The van der Waals surface area contributed by atoms with Crippen molar-refractivity contribution in [3.63, 3.8) is 0 Å². The highest BCUT2D eigenvalue weighted by Crippen LogP contribution is 2.41. The SMILES string of the molecule is CC(C)[C@H]1COC(=O)N1[C@H]1C(=O)N(Cc2ccccc2)[C@H]1[C@@H](C)O[Si](C)(C)C(C)(C)C. The summed E-state index contributed by atoms with van der Waals surface area (Å²) in [5.74, 6) is 0.184. The van der Waals surface area contributed by atoms with Gasteiger partial charge in [0, 0.05) is 6.54 Å². The Labute approximate surface area is 188 Å². The summed E-state index contributed by atoms with van der Waals surface area (Å²) in [7, 11) is -2.05. The molecule has 1 aromatic carbocycles. The fourth-order valence-corrected chi connectivity index (χ4v) is 5.72. The highest BCUT2D eigenvalue weighted by atomic mass is 28.4. The van der Waals surface area contributed by atoms with Crippen molar-refractivity contribution in [3.05, 3.63) is 35.9 Å². The van der Waals surface area contributed by atoms with Crippen LogP contribution < -0.4 is 0 Å². The molecular formula is C24H38N2O4Si. The van der Waals surface area contributed by atoms with E-state index in [9.17, 15) is 9.59 Å². The number of hydrogen-bond acceptors (Lipinski definition) is 4. The minimum Gasteiger partial charge on any atom is -0.447 e. The molecule has 172 valence electrons. The van der Waals surface area contributed by atoms with Gasteiger partial charge >= 0.3 is 6.09 Å². The third-order valence-electron chi connectivity index (χ3n) is 7.20. The van der Waals surface area contributed by atoms with Crippen molar-refractivity contribution in [2.24, 2.45) is 5.92 Å². The molecule has 0 unspecified atom stereocenters. The number of β-lactam (4-membered cyclic amide) rings is 1. The molecule has 31 heavy (non-hydrogen) atoms. The van der Waals surface area contributed by atoms with Gasteiger partial charge in [0.25, 0.3) is 0 Å². The summed E-state index contributed by atoms with van der Waals surface area (Å²) >= 11 is 0. The summed E-state index contributed by atoms with van der Waals surface area (Å²) in [5, 5.41) is 0.0574. The molecule has 2 aliphatic rings. The Morgan fingerprint density at radius 1 is 1.13 bits per heavy atom. The van der Waals surface area contributed by atoms with E-state index in [0.717, 1.165) is 5.56 Å². The van der Waals surface area contributed by atoms with E-state index in [1.165, 1.54) is 0 Å². The molecule has 0 N–H and O–H groups in total. The van der Waals surface area contributed by atoms with Crippen molar-refractivity contribution in [2.45, 2.75) is 90.4 Å². The highest BCUT2D eigenvalue weighted by Gasteiger charge is 2.58. The molecule has 0 radical (unpaired) electrons. The van der Waals surface area contributed by atoms with Crippen LogP contribution in [-0.4, -0.2) is 61.0 Å². The van der Waals surface area contributed by atoms with Crippen molar-refractivity contribution >= 4 is 20.3 Å². The third kappa shape index (κ3) is 4.53. The van der Waals surface area contributed by atoms with Crippen LogP contribution in [0.3, 0.4) is 0 Å². The predicted molar refractivity (Wildman–Crippen MR) is 124 cm³/mol. The number of carbonyl (C=O) groups is 2. The summed E-state index contributed by atoms with van der Waals surface area (Å²) in [6.45, 7) is 18.1. The Bertz CT molecular complexity index is 806. The van der Waals surface area contributed by atoms with E-state index in [0.29, 0.717) is 13.2 Å². The Morgan fingerprint density at radius 3 is 2.29 bits per heavy atom.